The summed E-state index contributed by atoms with van der Waals surface area (Å²) in [6, 6.07) is 66.2. The molecule has 61 heavy (non-hydrogen) atoms. The van der Waals surface area contributed by atoms with E-state index >= 15 is 0 Å². The number of rotatable bonds is 3. The molecular formula is C56H34BrN3S. The van der Waals surface area contributed by atoms with Gasteiger partial charge in [0.15, 0.2) is 0 Å². The van der Waals surface area contributed by atoms with Crippen molar-refractivity contribution in [1.82, 2.24) is 9.88 Å². The molecule has 2 aliphatic rings. The maximum absolute atomic E-state index is 5.61. The highest BCUT2D eigenvalue weighted by Crippen LogP contribution is 2.48. The van der Waals surface area contributed by atoms with E-state index in [1.807, 2.05) is 11.3 Å². The number of hydrogen-bond donors (Lipinski definition) is 1. The van der Waals surface area contributed by atoms with Gasteiger partial charge in [-0.15, -0.1) is 11.3 Å². The monoisotopic (exact) mass is 859 g/mol. The molecule has 1 unspecified atom stereocenters. The second-order valence-corrected chi connectivity index (χ2v) is 17.9. The van der Waals surface area contributed by atoms with Crippen LogP contribution in [-0.2, 0) is 0 Å². The van der Waals surface area contributed by atoms with Crippen molar-refractivity contribution in [2.24, 2.45) is 4.99 Å². The maximum Gasteiger partial charge on any atom is 0.209 e. The van der Waals surface area contributed by atoms with Gasteiger partial charge in [0.2, 0.25) is 5.96 Å². The molecular weight excluding hydrogens is 827 g/mol. The largest absolute Gasteiger partial charge is 0.344 e. The van der Waals surface area contributed by atoms with Crippen molar-refractivity contribution in [2.45, 2.75) is 6.04 Å². The Hall–Kier alpha value is -7.05. The Morgan fingerprint density at radius 3 is 2.10 bits per heavy atom. The highest BCUT2D eigenvalue weighted by atomic mass is 79.9. The molecule has 11 aromatic rings. The fraction of sp³-hybridized carbons (Fsp3) is 0.0179. The molecule has 3 heterocycles. The van der Waals surface area contributed by atoms with Gasteiger partial charge in [-0.05, 0) is 88.7 Å². The summed E-state index contributed by atoms with van der Waals surface area (Å²) in [4.78, 5) is 6.86. The van der Waals surface area contributed by atoms with E-state index in [-0.39, 0.29) is 6.04 Å². The van der Waals surface area contributed by atoms with E-state index in [4.69, 9.17) is 4.99 Å². The Morgan fingerprint density at radius 1 is 0.525 bits per heavy atom. The van der Waals surface area contributed by atoms with Gasteiger partial charge in [-0.2, -0.15) is 0 Å². The molecule has 1 aliphatic carbocycles. The third kappa shape index (κ3) is 5.24. The molecule has 286 valence electrons. The molecule has 9 aromatic carbocycles. The molecule has 1 N–H and O–H groups in total. The summed E-state index contributed by atoms with van der Waals surface area (Å²) in [7, 11) is 0. The fourth-order valence-corrected chi connectivity index (χ4v) is 12.1. The molecule has 1 atom stereocenters. The van der Waals surface area contributed by atoms with E-state index in [1.54, 1.807) is 0 Å². The zero-order valence-corrected chi connectivity index (χ0v) is 35.1. The highest BCUT2D eigenvalue weighted by Gasteiger charge is 2.32. The third-order valence-corrected chi connectivity index (χ3v) is 15.0. The number of aliphatic imine (C=N–C) groups is 1. The van der Waals surface area contributed by atoms with Crippen LogP contribution in [0.1, 0.15) is 22.7 Å². The van der Waals surface area contributed by atoms with Crippen LogP contribution in [0.25, 0.3) is 97.5 Å². The Kier molecular flexibility index (Phi) is 7.69. The lowest BCUT2D eigenvalue weighted by Gasteiger charge is -2.32. The average molecular weight is 861 g/mol. The van der Waals surface area contributed by atoms with Crippen molar-refractivity contribution in [1.29, 1.82) is 0 Å². The summed E-state index contributed by atoms with van der Waals surface area (Å²) >= 11 is 5.91. The van der Waals surface area contributed by atoms with Gasteiger partial charge >= 0.3 is 0 Å². The van der Waals surface area contributed by atoms with Crippen LogP contribution < -0.4 is 5.32 Å². The normalized spacial score (nSPS) is 14.9. The Balaban J connectivity index is 1.09. The molecule has 2 aromatic heterocycles. The number of aromatic nitrogens is 1. The number of thiophene rings is 1. The lowest BCUT2D eigenvalue weighted by Crippen LogP contribution is -2.38. The SMILES string of the molecule is Brc1c(-c2cccc3ccccc23)sc2cc(-c3cc4c(c5ccccc35)c3c5ccccc5ccc3n4C3=NC(c4ccccc4)=C4C=Cc5ccccc5C4N3)ccc12. The van der Waals surface area contributed by atoms with Crippen LogP contribution in [-0.4, -0.2) is 10.5 Å². The van der Waals surface area contributed by atoms with Crippen LogP contribution in [0.2, 0.25) is 0 Å². The Morgan fingerprint density at radius 2 is 1.23 bits per heavy atom. The molecule has 0 bridgehead atoms. The molecule has 5 heteroatoms. The number of nitrogens with one attached hydrogen (secondary N) is 1. The summed E-state index contributed by atoms with van der Waals surface area (Å²) < 4.78 is 4.78. The summed E-state index contributed by atoms with van der Waals surface area (Å²) in [5.41, 5.74) is 11.6. The van der Waals surface area contributed by atoms with Crippen LogP contribution in [0, 0.1) is 0 Å². The average Bonchev–Trinajstić information content (AvgIpc) is 3.85. The standard InChI is InChI=1S/C56H34BrN3S/c57-52-44-28-26-37(31-49(44)61-55(52)43-24-12-18-33-13-4-7-19-38(33)43)46-32-48-51(42-23-11-10-22-41(42)46)50-39-20-8-5-14-34(39)27-30-47(50)60(48)56-58-53(36-16-2-1-3-17-36)45-29-25-35-15-6-9-21-40(35)54(45)59-56/h1-32,54H,(H,58,59). The van der Waals surface area contributed by atoms with Gasteiger partial charge in [0, 0.05) is 42.0 Å². The van der Waals surface area contributed by atoms with Gasteiger partial charge in [-0.3, -0.25) is 4.57 Å². The molecule has 0 saturated carbocycles. The minimum absolute atomic E-state index is 0.0765. The predicted octanol–water partition coefficient (Wildman–Crippen LogP) is 15.6. The molecule has 0 amide bonds. The first-order valence-electron chi connectivity index (χ1n) is 20.7. The van der Waals surface area contributed by atoms with Crippen molar-refractivity contribution in [2.75, 3.05) is 0 Å². The third-order valence-electron chi connectivity index (χ3n) is 12.7. The zero-order valence-electron chi connectivity index (χ0n) is 32.7. The van der Waals surface area contributed by atoms with E-state index in [1.165, 1.54) is 91.4 Å². The van der Waals surface area contributed by atoms with Gasteiger partial charge in [0.05, 0.1) is 27.6 Å². The molecule has 1 aliphatic heterocycles. The highest BCUT2D eigenvalue weighted by molar-refractivity contribution is 9.10. The smallest absolute Gasteiger partial charge is 0.209 e. The summed E-state index contributed by atoms with van der Waals surface area (Å²) in [5, 5.41) is 15.1. The summed E-state index contributed by atoms with van der Waals surface area (Å²) in [6.45, 7) is 0. The van der Waals surface area contributed by atoms with Gasteiger partial charge in [-0.25, -0.2) is 4.99 Å². The number of hydrogen-bond acceptors (Lipinski definition) is 3. The van der Waals surface area contributed by atoms with Crippen molar-refractivity contribution in [3.05, 3.63) is 215 Å². The van der Waals surface area contributed by atoms with Gasteiger partial charge in [0.25, 0.3) is 0 Å². The molecule has 0 radical (unpaired) electrons. The lowest BCUT2D eigenvalue weighted by atomic mass is 9.86. The number of benzene rings is 9. The maximum atomic E-state index is 5.61. The first-order chi connectivity index (χ1) is 30.2. The van der Waals surface area contributed by atoms with Crippen molar-refractivity contribution >= 4 is 109 Å². The summed E-state index contributed by atoms with van der Waals surface area (Å²) in [5.74, 6) is 0.812. The molecule has 13 rings (SSSR count). The molecule has 0 fully saturated rings. The molecule has 0 saturated heterocycles. The van der Waals surface area contributed by atoms with Crippen molar-refractivity contribution in [3.8, 4) is 21.6 Å². The fourth-order valence-electron chi connectivity index (χ4n) is 9.95. The first-order valence-corrected chi connectivity index (χ1v) is 22.3. The second kappa shape index (κ2) is 13.5. The van der Waals surface area contributed by atoms with Crippen LogP contribution in [0.5, 0.6) is 0 Å². The number of fused-ring (bicyclic) bond motifs is 12. The molecule has 3 nitrogen and oxygen atoms in total. The second-order valence-electron chi connectivity index (χ2n) is 16.0. The zero-order chi connectivity index (χ0) is 40.2. The minimum Gasteiger partial charge on any atom is -0.344 e. The lowest BCUT2D eigenvalue weighted by molar-refractivity contribution is 0.727. The molecule has 0 spiro atoms. The van der Waals surface area contributed by atoms with E-state index in [0.29, 0.717) is 0 Å². The van der Waals surface area contributed by atoms with Crippen LogP contribution in [0.15, 0.2) is 203 Å². The topological polar surface area (TPSA) is 29.3 Å². The minimum atomic E-state index is -0.0765. The van der Waals surface area contributed by atoms with Crippen molar-refractivity contribution in [3.63, 3.8) is 0 Å². The van der Waals surface area contributed by atoms with Crippen molar-refractivity contribution < 1.29 is 0 Å². The van der Waals surface area contributed by atoms with Crippen LogP contribution >= 0.6 is 27.3 Å². The Bertz CT molecular complexity index is 3750. The first kappa shape index (κ1) is 34.8. The Labute approximate surface area is 364 Å². The summed E-state index contributed by atoms with van der Waals surface area (Å²) in [6.07, 6.45) is 4.48. The van der Waals surface area contributed by atoms with E-state index < -0.39 is 0 Å². The van der Waals surface area contributed by atoms with Crippen LogP contribution in [0.3, 0.4) is 0 Å². The number of halogens is 1. The van der Waals surface area contributed by atoms with E-state index in [2.05, 4.69) is 220 Å². The van der Waals surface area contributed by atoms with Gasteiger partial charge in [-0.1, -0.05) is 176 Å². The van der Waals surface area contributed by atoms with E-state index in [9.17, 15) is 0 Å². The van der Waals surface area contributed by atoms with Gasteiger partial charge < -0.3 is 5.32 Å². The predicted molar refractivity (Wildman–Crippen MR) is 263 cm³/mol. The van der Waals surface area contributed by atoms with Crippen LogP contribution in [0.4, 0.5) is 0 Å². The quantitative estimate of drug-likeness (QED) is 0.188. The van der Waals surface area contributed by atoms with E-state index in [0.717, 1.165) is 32.7 Å². The van der Waals surface area contributed by atoms with Gasteiger partial charge in [0.1, 0.15) is 0 Å². The number of nitrogens with zero attached hydrogens (tertiary/aromatic N) is 2.